The first kappa shape index (κ1) is 21.5. The highest BCUT2D eigenvalue weighted by atomic mass is 19.4. The van der Waals surface area contributed by atoms with Gasteiger partial charge in [0.25, 0.3) is 0 Å². The van der Waals surface area contributed by atoms with E-state index in [0.29, 0.717) is 31.2 Å². The van der Waals surface area contributed by atoms with Gasteiger partial charge in [0.2, 0.25) is 0 Å². The Hall–Kier alpha value is -2.17. The summed E-state index contributed by atoms with van der Waals surface area (Å²) in [7, 11) is 0. The molecule has 0 nitrogen and oxygen atoms in total. The maximum Gasteiger partial charge on any atom is 0.412 e. The van der Waals surface area contributed by atoms with Crippen molar-refractivity contribution in [1.82, 2.24) is 0 Å². The molecule has 0 saturated heterocycles. The van der Waals surface area contributed by atoms with Crippen molar-refractivity contribution in [3.63, 3.8) is 0 Å². The maximum atomic E-state index is 14.4. The van der Waals surface area contributed by atoms with Crippen LogP contribution in [0.5, 0.6) is 0 Å². The number of hydrogen-bond donors (Lipinski definition) is 0. The van der Waals surface area contributed by atoms with E-state index < -0.39 is 17.9 Å². The summed E-state index contributed by atoms with van der Waals surface area (Å²) in [5, 5.41) is 0. The predicted octanol–water partition coefficient (Wildman–Crippen LogP) is 8.13. The Morgan fingerprint density at radius 3 is 2.21 bits per heavy atom. The van der Waals surface area contributed by atoms with Crippen molar-refractivity contribution in [2.24, 2.45) is 5.92 Å². The summed E-state index contributed by atoms with van der Waals surface area (Å²) in [4.78, 5) is 0. The molecule has 0 aliphatic heterocycles. The normalized spacial score (nSPS) is 20.7. The number of hydrogen-bond acceptors (Lipinski definition) is 0. The lowest BCUT2D eigenvalue weighted by Crippen LogP contribution is -2.15. The average Bonchev–Trinajstić information content (AvgIpc) is 2.67. The highest BCUT2D eigenvalue weighted by molar-refractivity contribution is 5.65. The van der Waals surface area contributed by atoms with Gasteiger partial charge in [0.05, 0.1) is 6.08 Å². The minimum absolute atomic E-state index is 0.191. The molecule has 1 aliphatic carbocycles. The Labute approximate surface area is 168 Å². The first-order valence-corrected chi connectivity index (χ1v) is 10.1. The quantitative estimate of drug-likeness (QED) is 0.438. The molecule has 2 aromatic rings. The standard InChI is InChI=1S/C24H25F5/c1-2-3-16-4-13-21(22(25)14-16)19-9-5-17(6-10-19)18-7-11-20(12-8-18)23(26)15-24(27,28)29/h4-6,9-10,13-15,18,20H,2-3,7-8,11-12H2,1H3. The third kappa shape index (κ3) is 5.68. The van der Waals surface area contributed by atoms with Gasteiger partial charge in [-0.15, -0.1) is 0 Å². The lowest BCUT2D eigenvalue weighted by molar-refractivity contribution is -0.0820. The van der Waals surface area contributed by atoms with Gasteiger partial charge in [0.15, 0.2) is 0 Å². The summed E-state index contributed by atoms with van der Waals surface area (Å²) in [5.74, 6) is -1.76. The number of alkyl halides is 3. The minimum atomic E-state index is -4.61. The van der Waals surface area contributed by atoms with Gasteiger partial charge >= 0.3 is 6.18 Å². The SMILES string of the molecule is CCCc1ccc(-c2ccc(C3CCC(C(F)=CC(F)(F)F)CC3)cc2)c(F)c1. The largest absolute Gasteiger partial charge is 0.412 e. The van der Waals surface area contributed by atoms with Crippen molar-refractivity contribution < 1.29 is 22.0 Å². The average molecular weight is 408 g/mol. The molecule has 0 amide bonds. The second-order valence-corrected chi connectivity index (χ2v) is 7.81. The Kier molecular flexibility index (Phi) is 6.76. The Morgan fingerprint density at radius 2 is 1.66 bits per heavy atom. The Morgan fingerprint density at radius 1 is 1.00 bits per heavy atom. The van der Waals surface area contributed by atoms with Crippen LogP contribution < -0.4 is 0 Å². The molecular weight excluding hydrogens is 383 g/mol. The molecule has 0 spiro atoms. The molecule has 0 N–H and O–H groups in total. The summed E-state index contributed by atoms with van der Waals surface area (Å²) >= 11 is 0. The van der Waals surface area contributed by atoms with Crippen LogP contribution in [0.1, 0.15) is 56.1 Å². The van der Waals surface area contributed by atoms with Crippen molar-refractivity contribution in [1.29, 1.82) is 0 Å². The zero-order valence-electron chi connectivity index (χ0n) is 16.4. The van der Waals surface area contributed by atoms with Crippen LogP contribution >= 0.6 is 0 Å². The van der Waals surface area contributed by atoms with E-state index in [-0.39, 0.29) is 17.8 Å². The van der Waals surface area contributed by atoms with E-state index in [0.717, 1.165) is 29.5 Å². The van der Waals surface area contributed by atoms with Gasteiger partial charge in [-0.25, -0.2) is 8.78 Å². The van der Waals surface area contributed by atoms with Gasteiger partial charge in [-0.2, -0.15) is 13.2 Å². The van der Waals surface area contributed by atoms with Crippen LogP contribution in [0.25, 0.3) is 11.1 Å². The smallest absolute Gasteiger partial charge is 0.212 e. The van der Waals surface area contributed by atoms with E-state index in [1.807, 2.05) is 30.3 Å². The highest BCUT2D eigenvalue weighted by Gasteiger charge is 2.30. The van der Waals surface area contributed by atoms with Gasteiger partial charge in [-0.3, -0.25) is 0 Å². The lowest BCUT2D eigenvalue weighted by atomic mass is 9.78. The van der Waals surface area contributed by atoms with E-state index in [2.05, 4.69) is 6.92 Å². The summed E-state index contributed by atoms with van der Waals surface area (Å²) in [6.07, 6.45) is -0.930. The van der Waals surface area contributed by atoms with Crippen molar-refractivity contribution in [2.75, 3.05) is 0 Å². The van der Waals surface area contributed by atoms with E-state index in [4.69, 9.17) is 0 Å². The molecule has 1 aliphatic rings. The molecule has 0 bridgehead atoms. The molecule has 3 rings (SSSR count). The summed E-state index contributed by atoms with van der Waals surface area (Å²) in [5.41, 5.74) is 3.39. The molecule has 0 radical (unpaired) electrons. The molecule has 5 heteroatoms. The molecule has 29 heavy (non-hydrogen) atoms. The molecule has 0 unspecified atom stereocenters. The van der Waals surface area contributed by atoms with Gasteiger partial charge in [0, 0.05) is 11.5 Å². The third-order valence-corrected chi connectivity index (χ3v) is 5.68. The summed E-state index contributed by atoms with van der Waals surface area (Å²) in [6, 6.07) is 13.0. The van der Waals surface area contributed by atoms with Crippen molar-refractivity contribution >= 4 is 0 Å². The van der Waals surface area contributed by atoms with E-state index in [1.54, 1.807) is 12.1 Å². The molecular formula is C24H25F5. The summed E-state index contributed by atoms with van der Waals surface area (Å²) in [6.45, 7) is 2.05. The predicted molar refractivity (Wildman–Crippen MR) is 106 cm³/mol. The van der Waals surface area contributed by atoms with E-state index in [1.165, 1.54) is 0 Å². The van der Waals surface area contributed by atoms with Crippen LogP contribution in [0.15, 0.2) is 54.4 Å². The second-order valence-electron chi connectivity index (χ2n) is 7.81. The lowest BCUT2D eigenvalue weighted by Gasteiger charge is -2.28. The summed E-state index contributed by atoms with van der Waals surface area (Å²) < 4.78 is 65.2. The van der Waals surface area contributed by atoms with E-state index in [9.17, 15) is 22.0 Å². The molecule has 0 aromatic heterocycles. The Balaban J connectivity index is 1.65. The highest BCUT2D eigenvalue weighted by Crippen LogP contribution is 2.40. The van der Waals surface area contributed by atoms with Gasteiger partial charge in [-0.1, -0.05) is 49.7 Å². The first-order chi connectivity index (χ1) is 13.8. The molecule has 0 atom stereocenters. The number of aryl methyl sites for hydroxylation is 1. The van der Waals surface area contributed by atoms with Crippen molar-refractivity contribution in [3.8, 4) is 11.1 Å². The molecule has 1 saturated carbocycles. The zero-order chi connectivity index (χ0) is 21.0. The maximum absolute atomic E-state index is 14.4. The molecule has 0 heterocycles. The molecule has 1 fully saturated rings. The monoisotopic (exact) mass is 408 g/mol. The van der Waals surface area contributed by atoms with Crippen LogP contribution in [-0.4, -0.2) is 6.18 Å². The number of allylic oxidation sites excluding steroid dienone is 2. The van der Waals surface area contributed by atoms with Crippen LogP contribution in [-0.2, 0) is 6.42 Å². The van der Waals surface area contributed by atoms with E-state index >= 15 is 0 Å². The fraction of sp³-hybridized carbons (Fsp3) is 0.417. The van der Waals surface area contributed by atoms with Crippen molar-refractivity contribution in [3.05, 3.63) is 71.3 Å². The topological polar surface area (TPSA) is 0 Å². The van der Waals surface area contributed by atoms with Gasteiger partial charge < -0.3 is 0 Å². The number of halogens is 5. The minimum Gasteiger partial charge on any atom is -0.212 e. The molecule has 2 aromatic carbocycles. The second kappa shape index (κ2) is 9.10. The Bertz CT molecular complexity index is 841. The van der Waals surface area contributed by atoms with Gasteiger partial charge in [-0.05, 0) is 60.8 Å². The fourth-order valence-electron chi connectivity index (χ4n) is 4.15. The van der Waals surface area contributed by atoms with Crippen molar-refractivity contribution in [2.45, 2.75) is 57.5 Å². The van der Waals surface area contributed by atoms with Gasteiger partial charge in [0.1, 0.15) is 11.6 Å². The molecule has 156 valence electrons. The number of rotatable bonds is 5. The fourth-order valence-corrected chi connectivity index (χ4v) is 4.15. The van der Waals surface area contributed by atoms with Crippen LogP contribution in [0.4, 0.5) is 22.0 Å². The van der Waals surface area contributed by atoms with Crippen LogP contribution in [0, 0.1) is 11.7 Å². The first-order valence-electron chi connectivity index (χ1n) is 10.1. The third-order valence-electron chi connectivity index (χ3n) is 5.68. The number of benzene rings is 2. The van der Waals surface area contributed by atoms with Crippen LogP contribution in [0.2, 0.25) is 0 Å². The zero-order valence-corrected chi connectivity index (χ0v) is 16.4. The van der Waals surface area contributed by atoms with Crippen LogP contribution in [0.3, 0.4) is 0 Å².